The van der Waals surface area contributed by atoms with E-state index in [2.05, 4.69) is 36.8 Å². The van der Waals surface area contributed by atoms with E-state index in [1.165, 1.54) is 6.20 Å². The molecule has 0 N–H and O–H groups in total. The molecule has 0 saturated heterocycles. The standard InChI is InChI=1S/C11H4Br2Cl3NO/c12-6-2-9(16)10(3-8(6)15)18-11-7(13)1-5(14)4-17-11/h1-4H. The van der Waals surface area contributed by atoms with Gasteiger partial charge in [-0.05, 0) is 44.0 Å². The van der Waals surface area contributed by atoms with Crippen LogP contribution in [0.2, 0.25) is 15.1 Å². The van der Waals surface area contributed by atoms with Gasteiger partial charge in [0.15, 0.2) is 0 Å². The van der Waals surface area contributed by atoms with Crippen LogP contribution in [0.5, 0.6) is 11.6 Å². The number of pyridine rings is 1. The van der Waals surface area contributed by atoms with Crippen LogP contribution < -0.4 is 4.74 Å². The maximum absolute atomic E-state index is 6.05. The molecule has 0 unspecified atom stereocenters. The molecular weight excluding hydrogens is 428 g/mol. The lowest BCUT2D eigenvalue weighted by atomic mass is 10.3. The number of hydrogen-bond donors (Lipinski definition) is 0. The summed E-state index contributed by atoms with van der Waals surface area (Å²) in [5.41, 5.74) is 0. The molecule has 0 saturated carbocycles. The van der Waals surface area contributed by atoms with Crippen molar-refractivity contribution in [2.75, 3.05) is 0 Å². The first kappa shape index (κ1) is 14.4. The predicted molar refractivity (Wildman–Crippen MR) is 81.2 cm³/mol. The van der Waals surface area contributed by atoms with Crippen LogP contribution in [0.1, 0.15) is 0 Å². The molecule has 94 valence electrons. The SMILES string of the molecule is Clc1cnc(Oc2cc(Cl)c(Br)cc2Cl)c(Br)c1. The Labute approximate surface area is 135 Å². The van der Waals surface area contributed by atoms with Gasteiger partial charge >= 0.3 is 0 Å². The van der Waals surface area contributed by atoms with Gasteiger partial charge < -0.3 is 4.74 Å². The number of nitrogens with zero attached hydrogens (tertiary/aromatic N) is 1. The summed E-state index contributed by atoms with van der Waals surface area (Å²) < 4.78 is 6.91. The Morgan fingerprint density at radius 1 is 0.944 bits per heavy atom. The molecule has 2 nitrogen and oxygen atoms in total. The Morgan fingerprint density at radius 3 is 2.33 bits per heavy atom. The van der Waals surface area contributed by atoms with E-state index < -0.39 is 0 Å². The van der Waals surface area contributed by atoms with Crippen molar-refractivity contribution in [3.8, 4) is 11.6 Å². The van der Waals surface area contributed by atoms with Crippen molar-refractivity contribution in [3.05, 3.63) is 48.4 Å². The maximum Gasteiger partial charge on any atom is 0.233 e. The van der Waals surface area contributed by atoms with E-state index in [9.17, 15) is 0 Å². The molecule has 7 heteroatoms. The van der Waals surface area contributed by atoms with Crippen LogP contribution in [0.25, 0.3) is 0 Å². The van der Waals surface area contributed by atoms with E-state index in [1.54, 1.807) is 18.2 Å². The Hall–Kier alpha value is -0.000000000000000167. The van der Waals surface area contributed by atoms with Crippen LogP contribution >= 0.6 is 66.7 Å². The van der Waals surface area contributed by atoms with Crippen molar-refractivity contribution in [2.24, 2.45) is 0 Å². The topological polar surface area (TPSA) is 22.1 Å². The first-order chi connectivity index (χ1) is 8.47. The highest BCUT2D eigenvalue weighted by Crippen LogP contribution is 2.38. The molecule has 0 aliphatic carbocycles. The summed E-state index contributed by atoms with van der Waals surface area (Å²) in [6.45, 7) is 0. The molecule has 1 aromatic heterocycles. The molecule has 0 radical (unpaired) electrons. The molecule has 0 fully saturated rings. The zero-order valence-corrected chi connectivity index (χ0v) is 14.0. The van der Waals surface area contributed by atoms with Gasteiger partial charge in [0, 0.05) is 16.7 Å². The van der Waals surface area contributed by atoms with Crippen LogP contribution in [0.15, 0.2) is 33.3 Å². The van der Waals surface area contributed by atoms with Crippen LogP contribution in [0.4, 0.5) is 0 Å². The lowest BCUT2D eigenvalue weighted by Crippen LogP contribution is -1.90. The van der Waals surface area contributed by atoms with Crippen LogP contribution in [0.3, 0.4) is 0 Å². The molecule has 1 heterocycles. The highest BCUT2D eigenvalue weighted by atomic mass is 79.9. The number of rotatable bonds is 2. The Kier molecular flexibility index (Phi) is 4.78. The van der Waals surface area contributed by atoms with Gasteiger partial charge in [0.25, 0.3) is 0 Å². The number of ether oxygens (including phenoxy) is 1. The molecular formula is C11H4Br2Cl3NO. The van der Waals surface area contributed by atoms with Gasteiger partial charge in [0.1, 0.15) is 5.75 Å². The van der Waals surface area contributed by atoms with Crippen LogP contribution in [0, 0.1) is 0 Å². The number of benzene rings is 1. The minimum Gasteiger partial charge on any atom is -0.436 e. The van der Waals surface area contributed by atoms with Gasteiger partial charge in [0.05, 0.1) is 19.5 Å². The minimum atomic E-state index is 0.361. The smallest absolute Gasteiger partial charge is 0.233 e. The highest BCUT2D eigenvalue weighted by molar-refractivity contribution is 9.10. The number of halogens is 5. The van der Waals surface area contributed by atoms with Gasteiger partial charge in [-0.25, -0.2) is 4.98 Å². The van der Waals surface area contributed by atoms with Crippen LogP contribution in [-0.4, -0.2) is 4.98 Å². The highest BCUT2D eigenvalue weighted by Gasteiger charge is 2.11. The summed E-state index contributed by atoms with van der Waals surface area (Å²) in [7, 11) is 0. The number of aromatic nitrogens is 1. The largest absolute Gasteiger partial charge is 0.436 e. The van der Waals surface area contributed by atoms with E-state index in [0.29, 0.717) is 35.6 Å². The third-order valence-corrected chi connectivity index (χ3v) is 4.22. The molecule has 0 aliphatic heterocycles. The van der Waals surface area contributed by atoms with Crippen molar-refractivity contribution in [2.45, 2.75) is 0 Å². The molecule has 2 aromatic rings. The zero-order chi connectivity index (χ0) is 13.3. The zero-order valence-electron chi connectivity index (χ0n) is 8.55. The minimum absolute atomic E-state index is 0.361. The molecule has 18 heavy (non-hydrogen) atoms. The maximum atomic E-state index is 6.05. The van der Waals surface area contributed by atoms with E-state index in [0.717, 1.165) is 0 Å². The third kappa shape index (κ3) is 3.31. The Morgan fingerprint density at radius 2 is 1.67 bits per heavy atom. The van der Waals surface area contributed by atoms with Gasteiger partial charge in [-0.1, -0.05) is 34.8 Å². The van der Waals surface area contributed by atoms with Crippen LogP contribution in [-0.2, 0) is 0 Å². The molecule has 2 rings (SSSR count). The van der Waals surface area contributed by atoms with Gasteiger partial charge in [0.2, 0.25) is 5.88 Å². The lowest BCUT2D eigenvalue weighted by molar-refractivity contribution is 0.460. The van der Waals surface area contributed by atoms with E-state index in [-0.39, 0.29) is 0 Å². The molecule has 0 bridgehead atoms. The quantitative estimate of drug-likeness (QED) is 0.516. The van der Waals surface area contributed by atoms with Crippen molar-refractivity contribution in [1.82, 2.24) is 4.98 Å². The summed E-state index contributed by atoms with van der Waals surface area (Å²) in [5, 5.41) is 1.43. The van der Waals surface area contributed by atoms with Crippen molar-refractivity contribution >= 4 is 66.7 Å². The molecule has 0 aliphatic rings. The molecule has 0 amide bonds. The van der Waals surface area contributed by atoms with Crippen molar-refractivity contribution in [3.63, 3.8) is 0 Å². The monoisotopic (exact) mass is 429 g/mol. The van der Waals surface area contributed by atoms with Crippen molar-refractivity contribution in [1.29, 1.82) is 0 Å². The summed E-state index contributed by atoms with van der Waals surface area (Å²) in [5.74, 6) is 0.778. The average Bonchev–Trinajstić information content (AvgIpc) is 2.29. The first-order valence-corrected chi connectivity index (χ1v) is 7.33. The van der Waals surface area contributed by atoms with Gasteiger partial charge in [-0.15, -0.1) is 0 Å². The fraction of sp³-hybridized carbons (Fsp3) is 0. The molecule has 1 aromatic carbocycles. The van der Waals surface area contributed by atoms with E-state index in [1.807, 2.05) is 0 Å². The fourth-order valence-electron chi connectivity index (χ4n) is 1.16. The predicted octanol–water partition coefficient (Wildman–Crippen LogP) is 6.36. The first-order valence-electron chi connectivity index (χ1n) is 4.61. The number of hydrogen-bond acceptors (Lipinski definition) is 2. The summed E-state index contributed by atoms with van der Waals surface area (Å²) in [4.78, 5) is 4.05. The lowest BCUT2D eigenvalue weighted by Gasteiger charge is -2.09. The second-order valence-electron chi connectivity index (χ2n) is 3.24. The van der Waals surface area contributed by atoms with E-state index in [4.69, 9.17) is 39.5 Å². The summed E-state index contributed by atoms with van der Waals surface area (Å²) >= 11 is 24.4. The summed E-state index contributed by atoms with van der Waals surface area (Å²) in [6.07, 6.45) is 1.48. The Balaban J connectivity index is 2.37. The van der Waals surface area contributed by atoms with Gasteiger partial charge in [-0.3, -0.25) is 0 Å². The van der Waals surface area contributed by atoms with E-state index >= 15 is 0 Å². The Bertz CT molecular complexity index is 607. The molecule has 0 spiro atoms. The fourth-order valence-corrected chi connectivity index (χ4v) is 2.71. The second-order valence-corrected chi connectivity index (χ2v) is 6.20. The molecule has 0 atom stereocenters. The average molecular weight is 432 g/mol. The second kappa shape index (κ2) is 5.97. The van der Waals surface area contributed by atoms with Gasteiger partial charge in [-0.2, -0.15) is 0 Å². The van der Waals surface area contributed by atoms with Crippen molar-refractivity contribution < 1.29 is 4.74 Å². The normalized spacial score (nSPS) is 10.5. The third-order valence-electron chi connectivity index (χ3n) is 1.96. The summed E-state index contributed by atoms with van der Waals surface area (Å²) in [6, 6.07) is 4.94.